The second-order valence-corrected chi connectivity index (χ2v) is 7.50. The van der Waals surface area contributed by atoms with Crippen molar-refractivity contribution in [2.75, 3.05) is 23.3 Å². The minimum atomic E-state index is -0.141. The van der Waals surface area contributed by atoms with Crippen molar-refractivity contribution >= 4 is 28.2 Å². The maximum atomic E-state index is 13.2. The lowest BCUT2D eigenvalue weighted by Crippen LogP contribution is -2.17. The van der Waals surface area contributed by atoms with Crippen LogP contribution in [0.4, 0.5) is 11.4 Å². The van der Waals surface area contributed by atoms with Gasteiger partial charge in [-0.1, -0.05) is 18.2 Å². The molecule has 30 heavy (non-hydrogen) atoms. The third-order valence-corrected chi connectivity index (χ3v) is 5.53. The van der Waals surface area contributed by atoms with Gasteiger partial charge in [0.25, 0.3) is 5.91 Å². The highest BCUT2D eigenvalue weighted by Crippen LogP contribution is 2.26. The molecule has 1 N–H and O–H groups in total. The molecule has 0 bridgehead atoms. The third-order valence-electron chi connectivity index (χ3n) is 5.53. The van der Waals surface area contributed by atoms with Crippen molar-refractivity contribution in [2.45, 2.75) is 12.8 Å². The molecule has 0 aliphatic carbocycles. The largest absolute Gasteiger partial charge is 0.372 e. The molecule has 1 amide bonds. The van der Waals surface area contributed by atoms with Crippen molar-refractivity contribution in [1.29, 1.82) is 0 Å². The average molecular weight is 394 g/mol. The molecule has 2 aromatic heterocycles. The highest BCUT2D eigenvalue weighted by Gasteiger charge is 2.15. The van der Waals surface area contributed by atoms with Crippen LogP contribution in [-0.2, 0) is 0 Å². The van der Waals surface area contributed by atoms with Gasteiger partial charge in [-0.05, 0) is 61.4 Å². The van der Waals surface area contributed by atoms with Crippen LogP contribution in [0.2, 0.25) is 0 Å². The number of hydrogen-bond donors (Lipinski definition) is 1. The Morgan fingerprint density at radius 3 is 2.40 bits per heavy atom. The normalized spacial score (nSPS) is 13.5. The summed E-state index contributed by atoms with van der Waals surface area (Å²) in [5.41, 5.74) is 5.08. The Kier molecular flexibility index (Phi) is 4.85. The van der Waals surface area contributed by atoms with Crippen LogP contribution in [0.25, 0.3) is 22.2 Å². The van der Waals surface area contributed by atoms with E-state index >= 15 is 0 Å². The first kappa shape index (κ1) is 18.3. The lowest BCUT2D eigenvalue weighted by molar-refractivity contribution is 0.102. The molecule has 0 atom stereocenters. The molecule has 1 aliphatic rings. The molecule has 5 heteroatoms. The van der Waals surface area contributed by atoms with Gasteiger partial charge in [-0.25, -0.2) is 4.98 Å². The fourth-order valence-electron chi connectivity index (χ4n) is 3.96. The van der Waals surface area contributed by atoms with Crippen LogP contribution in [0.1, 0.15) is 23.2 Å². The van der Waals surface area contributed by atoms with E-state index in [-0.39, 0.29) is 5.91 Å². The Labute approximate surface area is 175 Å². The van der Waals surface area contributed by atoms with Crippen molar-refractivity contribution in [3.63, 3.8) is 0 Å². The molecule has 0 radical (unpaired) electrons. The summed E-state index contributed by atoms with van der Waals surface area (Å²) in [5.74, 6) is -0.141. The van der Waals surface area contributed by atoms with Gasteiger partial charge >= 0.3 is 0 Å². The van der Waals surface area contributed by atoms with Gasteiger partial charge in [-0.15, -0.1) is 0 Å². The zero-order valence-electron chi connectivity index (χ0n) is 16.6. The molecule has 4 aromatic rings. The predicted octanol–water partition coefficient (Wildman–Crippen LogP) is 5.15. The molecule has 2 aromatic carbocycles. The molecule has 0 spiro atoms. The van der Waals surface area contributed by atoms with Gasteiger partial charge < -0.3 is 10.2 Å². The predicted molar refractivity (Wildman–Crippen MR) is 121 cm³/mol. The van der Waals surface area contributed by atoms with Crippen molar-refractivity contribution in [2.24, 2.45) is 0 Å². The van der Waals surface area contributed by atoms with Gasteiger partial charge in [0.2, 0.25) is 0 Å². The van der Waals surface area contributed by atoms with E-state index in [1.165, 1.54) is 18.5 Å². The summed E-state index contributed by atoms with van der Waals surface area (Å²) in [6.45, 7) is 2.21. The number of hydrogen-bond acceptors (Lipinski definition) is 4. The Bertz CT molecular complexity index is 1180. The number of para-hydroxylation sites is 1. The number of nitrogens with one attached hydrogen (secondary N) is 1. The van der Waals surface area contributed by atoms with E-state index in [9.17, 15) is 4.79 Å². The number of amides is 1. The number of anilines is 2. The van der Waals surface area contributed by atoms with Crippen molar-refractivity contribution < 1.29 is 4.79 Å². The van der Waals surface area contributed by atoms with Crippen LogP contribution >= 0.6 is 0 Å². The first-order valence-corrected chi connectivity index (χ1v) is 10.2. The molecular formula is C25H22N4O. The lowest BCUT2D eigenvalue weighted by Gasteiger charge is -2.18. The quantitative estimate of drug-likeness (QED) is 0.520. The number of carbonyl (C=O) groups excluding carboxylic acids is 1. The fraction of sp³-hybridized carbons (Fsp3) is 0.160. The number of carbonyl (C=O) groups is 1. The molecular weight excluding hydrogens is 372 g/mol. The molecule has 1 saturated heterocycles. The monoisotopic (exact) mass is 394 g/mol. The second kappa shape index (κ2) is 7.95. The first-order valence-electron chi connectivity index (χ1n) is 10.2. The van der Waals surface area contributed by atoms with Crippen LogP contribution in [-0.4, -0.2) is 29.0 Å². The summed E-state index contributed by atoms with van der Waals surface area (Å²) in [5, 5.41) is 3.88. The molecule has 0 saturated carbocycles. The minimum Gasteiger partial charge on any atom is -0.372 e. The summed E-state index contributed by atoms with van der Waals surface area (Å²) in [6, 6.07) is 21.5. The van der Waals surface area contributed by atoms with E-state index in [4.69, 9.17) is 4.98 Å². The summed E-state index contributed by atoms with van der Waals surface area (Å²) < 4.78 is 0. The van der Waals surface area contributed by atoms with Crippen LogP contribution in [0.5, 0.6) is 0 Å². The van der Waals surface area contributed by atoms with E-state index < -0.39 is 0 Å². The number of nitrogens with zero attached hydrogens (tertiary/aromatic N) is 3. The van der Waals surface area contributed by atoms with Crippen LogP contribution < -0.4 is 10.2 Å². The minimum absolute atomic E-state index is 0.141. The first-order chi connectivity index (χ1) is 14.8. The zero-order valence-corrected chi connectivity index (χ0v) is 16.6. The van der Waals surface area contributed by atoms with Gasteiger partial charge in [0, 0.05) is 47.8 Å². The Morgan fingerprint density at radius 2 is 1.63 bits per heavy atom. The van der Waals surface area contributed by atoms with Gasteiger partial charge in [-0.3, -0.25) is 9.78 Å². The van der Waals surface area contributed by atoms with Crippen molar-refractivity contribution in [3.05, 3.63) is 84.7 Å². The van der Waals surface area contributed by atoms with E-state index in [0.717, 1.165) is 40.9 Å². The molecule has 1 fully saturated rings. The molecule has 1 aliphatic heterocycles. The van der Waals surface area contributed by atoms with Crippen molar-refractivity contribution in [1.82, 2.24) is 9.97 Å². The van der Waals surface area contributed by atoms with E-state index in [1.54, 1.807) is 12.4 Å². The summed E-state index contributed by atoms with van der Waals surface area (Å²) >= 11 is 0. The highest BCUT2D eigenvalue weighted by atomic mass is 16.1. The average Bonchev–Trinajstić information content (AvgIpc) is 3.34. The summed E-state index contributed by atoms with van der Waals surface area (Å²) in [7, 11) is 0. The lowest BCUT2D eigenvalue weighted by atomic mass is 10.0. The second-order valence-electron chi connectivity index (χ2n) is 7.50. The van der Waals surface area contributed by atoms with E-state index in [1.807, 2.05) is 54.6 Å². The number of rotatable bonds is 4. The van der Waals surface area contributed by atoms with Crippen LogP contribution in [0.3, 0.4) is 0 Å². The number of aromatic nitrogens is 2. The molecule has 5 rings (SSSR count). The Morgan fingerprint density at radius 1 is 0.900 bits per heavy atom. The number of benzene rings is 2. The zero-order chi connectivity index (χ0) is 20.3. The maximum Gasteiger partial charge on any atom is 0.256 e. The summed E-state index contributed by atoms with van der Waals surface area (Å²) in [6.07, 6.45) is 5.95. The summed E-state index contributed by atoms with van der Waals surface area (Å²) in [4.78, 5) is 24.4. The van der Waals surface area contributed by atoms with E-state index in [2.05, 4.69) is 27.3 Å². The molecule has 0 unspecified atom stereocenters. The SMILES string of the molecule is O=C(Nc1ccc(N2CCCC2)cc1)c1cc(-c2ccncc2)nc2ccccc12. The topological polar surface area (TPSA) is 58.1 Å². The standard InChI is InChI=1S/C25H22N4O/c30-25(27-19-7-9-20(10-8-19)29-15-3-4-16-29)22-17-24(18-11-13-26-14-12-18)28-23-6-2-1-5-21(22)23/h1-2,5-14,17H,3-4,15-16H2,(H,27,30). The highest BCUT2D eigenvalue weighted by molar-refractivity contribution is 6.13. The fourth-order valence-corrected chi connectivity index (χ4v) is 3.96. The van der Waals surface area contributed by atoms with Gasteiger partial charge in [0.1, 0.15) is 0 Å². The third kappa shape index (κ3) is 3.62. The van der Waals surface area contributed by atoms with Gasteiger partial charge in [0.15, 0.2) is 0 Å². The van der Waals surface area contributed by atoms with Gasteiger partial charge in [0.05, 0.1) is 16.8 Å². The Hall–Kier alpha value is -3.73. The maximum absolute atomic E-state index is 13.2. The van der Waals surface area contributed by atoms with E-state index in [0.29, 0.717) is 5.56 Å². The van der Waals surface area contributed by atoms with Crippen LogP contribution in [0, 0.1) is 0 Å². The van der Waals surface area contributed by atoms with Crippen LogP contribution in [0.15, 0.2) is 79.1 Å². The Balaban J connectivity index is 1.46. The molecule has 3 heterocycles. The smallest absolute Gasteiger partial charge is 0.256 e. The number of pyridine rings is 2. The number of fused-ring (bicyclic) bond motifs is 1. The molecule has 5 nitrogen and oxygen atoms in total. The molecule has 148 valence electrons. The van der Waals surface area contributed by atoms with Crippen molar-refractivity contribution in [3.8, 4) is 11.3 Å². The van der Waals surface area contributed by atoms with Gasteiger partial charge in [-0.2, -0.15) is 0 Å².